The van der Waals surface area contributed by atoms with E-state index in [0.29, 0.717) is 19.1 Å². The lowest BCUT2D eigenvalue weighted by atomic mass is 10.1. The predicted octanol–water partition coefficient (Wildman–Crippen LogP) is 0.994. The SMILES string of the molecule is C/C(=N\OCCN)C(C)C. The molecule has 10 heavy (non-hydrogen) atoms. The van der Waals surface area contributed by atoms with Crippen LogP contribution in [0.1, 0.15) is 20.8 Å². The summed E-state index contributed by atoms with van der Waals surface area (Å²) in [6.07, 6.45) is 0. The molecular weight excluding hydrogens is 128 g/mol. The van der Waals surface area contributed by atoms with E-state index in [1.165, 1.54) is 0 Å². The van der Waals surface area contributed by atoms with Crippen LogP contribution in [0.2, 0.25) is 0 Å². The minimum atomic E-state index is 0.456. The molecule has 0 aromatic carbocycles. The number of hydrogen-bond donors (Lipinski definition) is 1. The summed E-state index contributed by atoms with van der Waals surface area (Å²) in [5.74, 6) is 0.456. The molecular formula is C7H16N2O. The summed E-state index contributed by atoms with van der Waals surface area (Å²) in [6.45, 7) is 7.12. The molecule has 0 atom stereocenters. The summed E-state index contributed by atoms with van der Waals surface area (Å²) < 4.78 is 0. The normalized spacial score (nSPS) is 12.3. The van der Waals surface area contributed by atoms with E-state index in [9.17, 15) is 0 Å². The molecule has 0 amide bonds. The van der Waals surface area contributed by atoms with Crippen LogP contribution in [0.25, 0.3) is 0 Å². The first-order chi connectivity index (χ1) is 4.68. The zero-order chi connectivity index (χ0) is 7.98. The number of hydrogen-bond acceptors (Lipinski definition) is 3. The molecule has 0 fully saturated rings. The van der Waals surface area contributed by atoms with E-state index in [4.69, 9.17) is 10.6 Å². The van der Waals surface area contributed by atoms with Gasteiger partial charge in [0.25, 0.3) is 0 Å². The van der Waals surface area contributed by atoms with Gasteiger partial charge in [-0.2, -0.15) is 0 Å². The zero-order valence-electron chi connectivity index (χ0n) is 6.92. The summed E-state index contributed by atoms with van der Waals surface area (Å²) in [5.41, 5.74) is 6.20. The van der Waals surface area contributed by atoms with Crippen LogP contribution in [0, 0.1) is 5.92 Å². The van der Waals surface area contributed by atoms with Gasteiger partial charge in [-0.05, 0) is 12.8 Å². The van der Waals surface area contributed by atoms with Crippen molar-refractivity contribution in [3.8, 4) is 0 Å². The fraction of sp³-hybridized carbons (Fsp3) is 0.857. The maximum Gasteiger partial charge on any atom is 0.129 e. The maximum atomic E-state index is 5.20. The second-order valence-corrected chi connectivity index (χ2v) is 2.51. The van der Waals surface area contributed by atoms with Gasteiger partial charge in [0, 0.05) is 6.54 Å². The van der Waals surface area contributed by atoms with Crippen molar-refractivity contribution in [2.24, 2.45) is 16.8 Å². The van der Waals surface area contributed by atoms with Crippen LogP contribution in [0.15, 0.2) is 5.16 Å². The minimum Gasteiger partial charge on any atom is -0.395 e. The molecule has 0 saturated carbocycles. The van der Waals surface area contributed by atoms with Gasteiger partial charge in [0.05, 0.1) is 5.71 Å². The van der Waals surface area contributed by atoms with Crippen molar-refractivity contribution in [1.82, 2.24) is 0 Å². The molecule has 0 bridgehead atoms. The van der Waals surface area contributed by atoms with Gasteiger partial charge in [-0.15, -0.1) is 0 Å². The zero-order valence-corrected chi connectivity index (χ0v) is 6.92. The molecule has 0 aliphatic heterocycles. The molecule has 0 rings (SSSR count). The van der Waals surface area contributed by atoms with E-state index in [1.54, 1.807) is 0 Å². The van der Waals surface area contributed by atoms with E-state index >= 15 is 0 Å². The molecule has 0 spiro atoms. The first-order valence-corrected chi connectivity index (χ1v) is 3.55. The molecule has 0 aromatic heterocycles. The van der Waals surface area contributed by atoms with Crippen molar-refractivity contribution in [2.45, 2.75) is 20.8 Å². The van der Waals surface area contributed by atoms with Gasteiger partial charge < -0.3 is 10.6 Å². The van der Waals surface area contributed by atoms with Crippen LogP contribution < -0.4 is 5.73 Å². The quantitative estimate of drug-likeness (QED) is 0.363. The standard InChI is InChI=1S/C7H16N2O/c1-6(2)7(3)9-10-5-4-8/h6H,4-5,8H2,1-3H3/b9-7+. The molecule has 0 unspecified atom stereocenters. The van der Waals surface area contributed by atoms with Gasteiger partial charge in [0.15, 0.2) is 0 Å². The van der Waals surface area contributed by atoms with Crippen LogP contribution in [0.5, 0.6) is 0 Å². The fourth-order valence-electron chi connectivity index (χ4n) is 0.306. The Labute approximate surface area is 62.2 Å². The molecule has 2 N–H and O–H groups in total. The summed E-state index contributed by atoms with van der Waals surface area (Å²) in [5, 5.41) is 3.85. The Bertz CT molecular complexity index is 110. The molecule has 3 heteroatoms. The van der Waals surface area contributed by atoms with E-state index in [0.717, 1.165) is 5.71 Å². The molecule has 60 valence electrons. The molecule has 0 radical (unpaired) electrons. The van der Waals surface area contributed by atoms with Crippen LogP contribution in [0.4, 0.5) is 0 Å². The third-order valence-corrected chi connectivity index (χ3v) is 1.25. The second-order valence-electron chi connectivity index (χ2n) is 2.51. The third kappa shape index (κ3) is 4.32. The first-order valence-electron chi connectivity index (χ1n) is 3.55. The van der Waals surface area contributed by atoms with Crippen molar-refractivity contribution in [3.05, 3.63) is 0 Å². The highest BCUT2D eigenvalue weighted by molar-refractivity contribution is 5.83. The lowest BCUT2D eigenvalue weighted by molar-refractivity contribution is 0.150. The number of nitrogens with zero attached hydrogens (tertiary/aromatic N) is 1. The number of oxime groups is 1. The Morgan fingerprint density at radius 1 is 1.60 bits per heavy atom. The lowest BCUT2D eigenvalue weighted by Crippen LogP contribution is -2.08. The summed E-state index contributed by atoms with van der Waals surface area (Å²) in [6, 6.07) is 0. The van der Waals surface area contributed by atoms with Gasteiger partial charge in [0.2, 0.25) is 0 Å². The fourth-order valence-corrected chi connectivity index (χ4v) is 0.306. The predicted molar refractivity (Wildman–Crippen MR) is 43.0 cm³/mol. The van der Waals surface area contributed by atoms with E-state index in [-0.39, 0.29) is 0 Å². The van der Waals surface area contributed by atoms with Crippen molar-refractivity contribution >= 4 is 5.71 Å². The highest BCUT2D eigenvalue weighted by Gasteiger charge is 1.96. The largest absolute Gasteiger partial charge is 0.395 e. The molecule has 3 nitrogen and oxygen atoms in total. The van der Waals surface area contributed by atoms with E-state index < -0.39 is 0 Å². The van der Waals surface area contributed by atoms with Crippen LogP contribution in [0.3, 0.4) is 0 Å². The monoisotopic (exact) mass is 144 g/mol. The summed E-state index contributed by atoms with van der Waals surface area (Å²) >= 11 is 0. The minimum absolute atomic E-state index is 0.456. The smallest absolute Gasteiger partial charge is 0.129 e. The number of rotatable bonds is 4. The van der Waals surface area contributed by atoms with Gasteiger partial charge >= 0.3 is 0 Å². The Balaban J connectivity index is 3.48. The third-order valence-electron chi connectivity index (χ3n) is 1.25. The Kier molecular flexibility index (Phi) is 4.94. The van der Waals surface area contributed by atoms with Crippen molar-refractivity contribution < 1.29 is 4.84 Å². The lowest BCUT2D eigenvalue weighted by Gasteiger charge is -2.02. The topological polar surface area (TPSA) is 47.6 Å². The van der Waals surface area contributed by atoms with E-state index in [2.05, 4.69) is 19.0 Å². The second kappa shape index (κ2) is 5.23. The average molecular weight is 144 g/mol. The average Bonchev–Trinajstić information content (AvgIpc) is 1.88. The number of nitrogens with two attached hydrogens (primary N) is 1. The Hall–Kier alpha value is -0.570. The van der Waals surface area contributed by atoms with Gasteiger partial charge in [-0.1, -0.05) is 19.0 Å². The van der Waals surface area contributed by atoms with Gasteiger partial charge in [0.1, 0.15) is 6.61 Å². The van der Waals surface area contributed by atoms with Crippen LogP contribution in [-0.2, 0) is 4.84 Å². The molecule has 0 heterocycles. The Morgan fingerprint density at radius 3 is 2.60 bits per heavy atom. The van der Waals surface area contributed by atoms with Crippen LogP contribution in [-0.4, -0.2) is 18.9 Å². The summed E-state index contributed by atoms with van der Waals surface area (Å²) in [4.78, 5) is 4.87. The molecule has 0 aromatic rings. The molecule has 0 aliphatic rings. The van der Waals surface area contributed by atoms with E-state index in [1.807, 2.05) is 6.92 Å². The van der Waals surface area contributed by atoms with Gasteiger partial charge in [-0.3, -0.25) is 0 Å². The maximum absolute atomic E-state index is 5.20. The van der Waals surface area contributed by atoms with Gasteiger partial charge in [-0.25, -0.2) is 0 Å². The highest BCUT2D eigenvalue weighted by atomic mass is 16.6. The van der Waals surface area contributed by atoms with Crippen molar-refractivity contribution in [1.29, 1.82) is 0 Å². The molecule has 0 saturated heterocycles. The summed E-state index contributed by atoms with van der Waals surface area (Å²) in [7, 11) is 0. The van der Waals surface area contributed by atoms with Crippen LogP contribution >= 0.6 is 0 Å². The highest BCUT2D eigenvalue weighted by Crippen LogP contribution is 1.95. The van der Waals surface area contributed by atoms with Crippen molar-refractivity contribution in [3.63, 3.8) is 0 Å². The Morgan fingerprint density at radius 2 is 2.20 bits per heavy atom. The van der Waals surface area contributed by atoms with Crippen molar-refractivity contribution in [2.75, 3.05) is 13.2 Å². The first kappa shape index (κ1) is 9.43. The molecule has 0 aliphatic carbocycles.